The number of sulfone groups is 2. The van der Waals surface area contributed by atoms with Gasteiger partial charge in [0.2, 0.25) is 0 Å². The van der Waals surface area contributed by atoms with Crippen molar-refractivity contribution < 1.29 is 44.9 Å². The van der Waals surface area contributed by atoms with E-state index in [1.165, 1.54) is 43.5 Å². The quantitative estimate of drug-likeness (QED) is 0.114. The zero-order chi connectivity index (χ0) is 42.1. The van der Waals surface area contributed by atoms with Crippen molar-refractivity contribution in [3.05, 3.63) is 0 Å². The van der Waals surface area contributed by atoms with Gasteiger partial charge in [-0.3, -0.25) is 19.4 Å². The van der Waals surface area contributed by atoms with Crippen LogP contribution in [0, 0.1) is 47.3 Å². The van der Waals surface area contributed by atoms with E-state index in [0.29, 0.717) is 45.1 Å². The van der Waals surface area contributed by atoms with Crippen LogP contribution in [0.25, 0.3) is 0 Å². The summed E-state index contributed by atoms with van der Waals surface area (Å²) in [7, 11) is -6.55. The molecule has 5 aliphatic rings. The summed E-state index contributed by atoms with van der Waals surface area (Å²) in [5, 5.41) is 0. The summed E-state index contributed by atoms with van der Waals surface area (Å²) in [4.78, 5) is 29.0. The van der Waals surface area contributed by atoms with Gasteiger partial charge in [-0.25, -0.2) is 16.8 Å². The Kier molecular flexibility index (Phi) is 17.4. The predicted octanol–water partition coefficient (Wildman–Crippen LogP) is 4.38. The molecular weight excluding hydrogens is 777 g/mol. The van der Waals surface area contributed by atoms with Gasteiger partial charge in [0.1, 0.15) is 26.2 Å². The fourth-order valence-electron chi connectivity index (χ4n) is 12.5. The number of carbonyl (C=O) groups is 2. The van der Waals surface area contributed by atoms with E-state index >= 15 is 0 Å². The Morgan fingerprint density at radius 3 is 1.40 bits per heavy atom. The van der Waals surface area contributed by atoms with Crippen molar-refractivity contribution in [1.82, 2.24) is 9.80 Å². The average Bonchev–Trinajstić information content (AvgIpc) is 3.91. The molecule has 0 radical (unpaired) electrons. The molecule has 5 saturated heterocycles. The number of hydrogen-bond donors (Lipinski definition) is 0. The molecule has 2 spiro atoms. The highest BCUT2D eigenvalue weighted by atomic mass is 32.2. The van der Waals surface area contributed by atoms with E-state index in [0.717, 1.165) is 81.3 Å². The summed E-state index contributed by atoms with van der Waals surface area (Å²) >= 11 is 0. The van der Waals surface area contributed by atoms with Gasteiger partial charge in [-0.2, -0.15) is 0 Å². The molecule has 12 nitrogen and oxygen atoms in total. The fourth-order valence-corrected chi connectivity index (χ4v) is 16.2. The molecule has 8 atom stereocenters. The Balaban J connectivity index is 1.29. The topological polar surface area (TPSA) is 127 Å². The minimum Gasteiger partial charge on any atom is -0.465 e. The fraction of sp³-hybridized carbons (Fsp3) is 0.955. The van der Waals surface area contributed by atoms with Crippen LogP contribution in [0.1, 0.15) is 92.9 Å². The number of carbonyl (C=O) groups excluding carboxylic acids is 2. The van der Waals surface area contributed by atoms with Crippen molar-refractivity contribution in [2.75, 3.05) is 128 Å². The highest BCUT2D eigenvalue weighted by molar-refractivity contribution is 7.91. The van der Waals surface area contributed by atoms with Crippen molar-refractivity contribution in [2.24, 2.45) is 47.3 Å². The number of piperazine rings is 1. The lowest BCUT2D eigenvalue weighted by Gasteiger charge is -2.47. The lowest BCUT2D eigenvalue weighted by molar-refractivity contribution is -1.02. The lowest BCUT2D eigenvalue weighted by Crippen LogP contribution is -2.65. The number of quaternary nitrogens is 2. The number of ether oxygens (including phenoxy) is 2. The van der Waals surface area contributed by atoms with Crippen LogP contribution >= 0.6 is 0 Å². The number of esters is 2. The van der Waals surface area contributed by atoms with Crippen molar-refractivity contribution in [3.8, 4) is 0 Å². The van der Waals surface area contributed by atoms with E-state index in [9.17, 15) is 26.4 Å². The summed E-state index contributed by atoms with van der Waals surface area (Å²) in [5.74, 6) is 2.94. The maximum absolute atomic E-state index is 14.2. The second kappa shape index (κ2) is 21.2. The Labute approximate surface area is 353 Å². The largest absolute Gasteiger partial charge is 0.465 e. The van der Waals surface area contributed by atoms with E-state index in [1.807, 2.05) is 13.8 Å². The molecule has 0 amide bonds. The van der Waals surface area contributed by atoms with Crippen LogP contribution in [0.15, 0.2) is 0 Å². The van der Waals surface area contributed by atoms with E-state index in [-0.39, 0.29) is 77.6 Å². The zero-order valence-corrected chi connectivity index (χ0v) is 38.9. The van der Waals surface area contributed by atoms with Crippen molar-refractivity contribution in [3.63, 3.8) is 0 Å². The number of hydrogen-bond acceptors (Lipinski definition) is 10. The predicted molar refractivity (Wildman–Crippen MR) is 230 cm³/mol. The molecule has 5 aliphatic heterocycles. The van der Waals surface area contributed by atoms with E-state index in [4.69, 9.17) is 9.47 Å². The third-order valence-corrected chi connectivity index (χ3v) is 19.2. The number of nitrogens with zero attached hydrogens (tertiary/aromatic N) is 4. The summed E-state index contributed by atoms with van der Waals surface area (Å²) in [6, 6.07) is 0. The summed E-state index contributed by atoms with van der Waals surface area (Å²) in [6.45, 7) is 25.5. The maximum atomic E-state index is 14.2. The van der Waals surface area contributed by atoms with Crippen LogP contribution < -0.4 is 0 Å². The molecule has 0 N–H and O–H groups in total. The highest BCUT2D eigenvalue weighted by Crippen LogP contribution is 2.42. The van der Waals surface area contributed by atoms with Gasteiger partial charge in [-0.1, -0.05) is 34.1 Å². The molecule has 5 rings (SSSR count). The molecule has 336 valence electrons. The van der Waals surface area contributed by atoms with Gasteiger partial charge in [-0.05, 0) is 82.5 Å². The zero-order valence-electron chi connectivity index (χ0n) is 37.3. The second-order valence-corrected chi connectivity index (χ2v) is 24.0. The number of likely N-dealkylation sites (tertiary alicyclic amines) is 2. The first-order valence-electron chi connectivity index (χ1n) is 23.5. The Hall–Kier alpha value is -1.32. The molecule has 58 heavy (non-hydrogen) atoms. The van der Waals surface area contributed by atoms with E-state index in [2.05, 4.69) is 30.6 Å². The van der Waals surface area contributed by atoms with Gasteiger partial charge in [0.05, 0.1) is 69.7 Å². The smallest absolute Gasteiger partial charge is 0.320 e. The van der Waals surface area contributed by atoms with Gasteiger partial charge < -0.3 is 18.4 Å². The minimum absolute atomic E-state index is 0.0453. The summed E-state index contributed by atoms with van der Waals surface area (Å²) in [5.41, 5.74) is 0. The first-order chi connectivity index (χ1) is 27.6. The Morgan fingerprint density at radius 1 is 0.500 bits per heavy atom. The molecule has 0 aromatic heterocycles. The molecule has 0 aromatic carbocycles. The van der Waals surface area contributed by atoms with Crippen LogP contribution in [0.2, 0.25) is 0 Å². The van der Waals surface area contributed by atoms with Gasteiger partial charge in [0, 0.05) is 55.6 Å². The lowest BCUT2D eigenvalue weighted by atomic mass is 9.86. The minimum atomic E-state index is -3.34. The van der Waals surface area contributed by atoms with Gasteiger partial charge in [0.25, 0.3) is 0 Å². The third-order valence-electron chi connectivity index (χ3n) is 15.4. The molecule has 0 aromatic rings. The van der Waals surface area contributed by atoms with Crippen molar-refractivity contribution in [2.45, 2.75) is 92.9 Å². The highest BCUT2D eigenvalue weighted by Gasteiger charge is 2.54. The first kappa shape index (κ1) is 47.7. The number of rotatable bonds is 22. The van der Waals surface area contributed by atoms with E-state index < -0.39 is 19.7 Å². The molecule has 0 aliphatic carbocycles. The van der Waals surface area contributed by atoms with Crippen molar-refractivity contribution >= 4 is 31.6 Å². The monoisotopic (exact) mass is 859 g/mol. The molecule has 5 heterocycles. The van der Waals surface area contributed by atoms with Gasteiger partial charge in [-0.15, -0.1) is 0 Å². The molecule has 0 saturated carbocycles. The van der Waals surface area contributed by atoms with Crippen LogP contribution in [-0.2, 0) is 38.7 Å². The SMILES string of the molecule is CCCC1CN(CC(=O)OCC)CC1CCS(=O)(=O)CC1C[N+]2(CC[N+]3(CC2)CC(CC)C(CC)C3)CC1CCC1CN(CC(=O)OCC)CC1CS(=O)(=O)CCC. The third kappa shape index (κ3) is 12.9. The van der Waals surface area contributed by atoms with Crippen LogP contribution in [0.4, 0.5) is 0 Å². The van der Waals surface area contributed by atoms with Gasteiger partial charge in [0.15, 0.2) is 19.7 Å². The maximum Gasteiger partial charge on any atom is 0.320 e. The van der Waals surface area contributed by atoms with Crippen molar-refractivity contribution in [1.29, 1.82) is 0 Å². The molecule has 0 bridgehead atoms. The van der Waals surface area contributed by atoms with Crippen LogP contribution in [0.5, 0.6) is 0 Å². The second-order valence-electron chi connectivity index (χ2n) is 19.6. The molecule has 8 unspecified atom stereocenters. The van der Waals surface area contributed by atoms with E-state index in [1.54, 1.807) is 6.92 Å². The summed E-state index contributed by atoms with van der Waals surface area (Å²) in [6.07, 6.45) is 7.54. The Morgan fingerprint density at radius 2 is 0.914 bits per heavy atom. The standard InChI is InChI=1S/C44H82N4O8S2/c1-7-13-37-23-45(27-43(49)55-11-5)25-39(37)16-22-58(53,54)34-42-32-48(19-17-47(18-20-48)29-35(9-3)36(10-4)30-47)31-40(42)15-14-38-24-46(28-44(50)56-12-6)26-41(38)33-57(51,52)21-8-2/h35-42H,7-34H2,1-6H3/q+2. The van der Waals surface area contributed by atoms with Crippen LogP contribution in [0.3, 0.4) is 0 Å². The van der Waals surface area contributed by atoms with Crippen LogP contribution in [-0.4, -0.2) is 175 Å². The molecular formula is C44H82N4O8S2+2. The Bertz CT molecular complexity index is 1540. The molecule has 5 fully saturated rings. The normalized spacial score (nSPS) is 34.7. The molecule has 14 heteroatoms. The van der Waals surface area contributed by atoms with Gasteiger partial charge >= 0.3 is 11.9 Å². The summed E-state index contributed by atoms with van der Waals surface area (Å²) < 4.78 is 67.4. The average molecular weight is 859 g/mol. The first-order valence-corrected chi connectivity index (χ1v) is 27.1.